The number of benzene rings is 1. The summed E-state index contributed by atoms with van der Waals surface area (Å²) in [5.74, 6) is -0.171. The number of methoxy groups -OCH3 is 1. The van der Waals surface area contributed by atoms with E-state index in [0.717, 1.165) is 12.1 Å². The molecule has 0 radical (unpaired) electrons. The van der Waals surface area contributed by atoms with Crippen LogP contribution in [-0.2, 0) is 15.7 Å². The molecule has 0 bridgehead atoms. The van der Waals surface area contributed by atoms with Gasteiger partial charge in [-0.2, -0.15) is 13.2 Å². The summed E-state index contributed by atoms with van der Waals surface area (Å²) in [5.41, 5.74) is -0.912. The number of hydrogen-bond acceptors (Lipinski definition) is 3. The number of halogens is 4. The first-order chi connectivity index (χ1) is 11.3. The molecule has 2 rings (SSSR count). The Kier molecular flexibility index (Phi) is 7.71. The van der Waals surface area contributed by atoms with E-state index in [1.165, 1.54) is 6.07 Å². The van der Waals surface area contributed by atoms with Crippen molar-refractivity contribution in [3.63, 3.8) is 0 Å². The van der Waals surface area contributed by atoms with Gasteiger partial charge in [-0.25, -0.2) is 0 Å². The van der Waals surface area contributed by atoms with Gasteiger partial charge in [-0.3, -0.25) is 4.79 Å². The summed E-state index contributed by atoms with van der Waals surface area (Å²) in [6, 6.07) is 4.54. The highest BCUT2D eigenvalue weighted by molar-refractivity contribution is 5.85. The number of ether oxygens (including phenoxy) is 1. The monoisotopic (exact) mass is 380 g/mol. The highest BCUT2D eigenvalue weighted by Crippen LogP contribution is 2.32. The highest BCUT2D eigenvalue weighted by Gasteiger charge is 2.40. The molecule has 1 atom stereocenters. The van der Waals surface area contributed by atoms with Gasteiger partial charge in [0.05, 0.1) is 23.6 Å². The van der Waals surface area contributed by atoms with Crippen LogP contribution in [0.4, 0.5) is 13.2 Å². The minimum absolute atomic E-state index is 0. The maximum absolute atomic E-state index is 12.8. The van der Waals surface area contributed by atoms with Crippen molar-refractivity contribution < 1.29 is 22.7 Å². The molecule has 1 unspecified atom stereocenters. The second-order valence-electron chi connectivity index (χ2n) is 6.28. The number of hydrogen-bond donors (Lipinski definition) is 2. The van der Waals surface area contributed by atoms with Crippen molar-refractivity contribution in [3.8, 4) is 0 Å². The predicted octanol–water partition coefficient (Wildman–Crippen LogP) is 3.32. The fourth-order valence-electron chi connectivity index (χ4n) is 3.04. The highest BCUT2D eigenvalue weighted by atomic mass is 35.5. The lowest BCUT2D eigenvalue weighted by atomic mass is 9.78. The molecule has 1 amide bonds. The maximum atomic E-state index is 12.8. The average molecular weight is 381 g/mol. The number of rotatable bonds is 5. The number of nitrogens with one attached hydrogen (secondary N) is 2. The first-order valence-corrected chi connectivity index (χ1v) is 7.96. The fourth-order valence-corrected chi connectivity index (χ4v) is 3.04. The minimum Gasteiger partial charge on any atom is -0.384 e. The summed E-state index contributed by atoms with van der Waals surface area (Å²) >= 11 is 0. The summed E-state index contributed by atoms with van der Waals surface area (Å²) in [6.07, 6.45) is -3.12. The van der Waals surface area contributed by atoms with E-state index in [-0.39, 0.29) is 18.3 Å². The molecule has 2 N–H and O–H groups in total. The lowest BCUT2D eigenvalue weighted by Gasteiger charge is -2.36. The third-order valence-corrected chi connectivity index (χ3v) is 4.52. The van der Waals surface area contributed by atoms with Crippen LogP contribution in [0.1, 0.15) is 36.9 Å². The van der Waals surface area contributed by atoms with Gasteiger partial charge in [0.1, 0.15) is 0 Å². The van der Waals surface area contributed by atoms with Crippen LogP contribution in [0.25, 0.3) is 0 Å². The van der Waals surface area contributed by atoms with E-state index in [1.807, 2.05) is 0 Å². The molecule has 8 heteroatoms. The van der Waals surface area contributed by atoms with Crippen molar-refractivity contribution in [2.45, 2.75) is 32.0 Å². The summed E-state index contributed by atoms with van der Waals surface area (Å²) in [5, 5.41) is 6.06. The Morgan fingerprint density at radius 3 is 2.56 bits per heavy atom. The van der Waals surface area contributed by atoms with Crippen molar-refractivity contribution in [1.82, 2.24) is 10.6 Å². The molecule has 1 fully saturated rings. The molecule has 142 valence electrons. The van der Waals surface area contributed by atoms with Crippen LogP contribution in [0.5, 0.6) is 0 Å². The molecule has 25 heavy (non-hydrogen) atoms. The number of carbonyl (C=O) groups is 1. The average Bonchev–Trinajstić information content (AvgIpc) is 2.55. The zero-order chi connectivity index (χ0) is 17.8. The summed E-state index contributed by atoms with van der Waals surface area (Å²) < 4.78 is 43.7. The van der Waals surface area contributed by atoms with Crippen molar-refractivity contribution in [2.75, 3.05) is 26.8 Å². The van der Waals surface area contributed by atoms with E-state index in [2.05, 4.69) is 10.6 Å². The van der Waals surface area contributed by atoms with Crippen LogP contribution in [-0.4, -0.2) is 32.7 Å². The molecule has 1 aliphatic heterocycles. The van der Waals surface area contributed by atoms with Crippen LogP contribution in [0.3, 0.4) is 0 Å². The Balaban J connectivity index is 0.00000312. The Bertz CT molecular complexity index is 570. The van der Waals surface area contributed by atoms with Crippen LogP contribution in [0.2, 0.25) is 0 Å². The molecule has 0 aliphatic carbocycles. The van der Waals surface area contributed by atoms with Gasteiger partial charge in [0.15, 0.2) is 0 Å². The van der Waals surface area contributed by atoms with E-state index in [0.29, 0.717) is 38.1 Å². The number of alkyl halides is 3. The van der Waals surface area contributed by atoms with E-state index >= 15 is 0 Å². The number of amides is 1. The van der Waals surface area contributed by atoms with Gasteiger partial charge in [-0.1, -0.05) is 12.1 Å². The number of carbonyl (C=O) groups excluding carboxylic acids is 1. The Hall–Kier alpha value is -1.31. The molecule has 1 aliphatic rings. The zero-order valence-electron chi connectivity index (χ0n) is 14.3. The van der Waals surface area contributed by atoms with Gasteiger partial charge in [0.25, 0.3) is 0 Å². The standard InChI is InChI=1S/C17H23F3N2O2.ClH/c1-12(13-4-3-5-14(10-13)17(18,19)20)22-15(23)16(11-24-2)6-8-21-9-7-16;/h3-5,10,12,21H,6-9,11H2,1-2H3,(H,22,23);1H. The SMILES string of the molecule is COCC1(C(=O)NC(C)c2cccc(C(F)(F)F)c2)CCNCC1.Cl. The number of piperidine rings is 1. The van der Waals surface area contributed by atoms with Crippen LogP contribution in [0.15, 0.2) is 24.3 Å². The Morgan fingerprint density at radius 2 is 2.00 bits per heavy atom. The predicted molar refractivity (Wildman–Crippen MR) is 91.7 cm³/mol. The topological polar surface area (TPSA) is 50.4 Å². The lowest BCUT2D eigenvalue weighted by molar-refractivity contribution is -0.137. The lowest BCUT2D eigenvalue weighted by Crippen LogP contribution is -2.50. The van der Waals surface area contributed by atoms with Gasteiger partial charge < -0.3 is 15.4 Å². The minimum atomic E-state index is -4.40. The summed E-state index contributed by atoms with van der Waals surface area (Å²) in [6.45, 7) is 3.42. The quantitative estimate of drug-likeness (QED) is 0.824. The molecule has 0 aromatic heterocycles. The van der Waals surface area contributed by atoms with E-state index in [4.69, 9.17) is 4.74 Å². The second kappa shape index (κ2) is 8.87. The zero-order valence-corrected chi connectivity index (χ0v) is 15.1. The van der Waals surface area contributed by atoms with Gasteiger partial charge >= 0.3 is 6.18 Å². The van der Waals surface area contributed by atoms with Crippen molar-refractivity contribution >= 4 is 18.3 Å². The van der Waals surface area contributed by atoms with E-state index < -0.39 is 23.2 Å². The van der Waals surface area contributed by atoms with Gasteiger partial charge in [-0.05, 0) is 50.6 Å². The molecule has 4 nitrogen and oxygen atoms in total. The van der Waals surface area contributed by atoms with Crippen molar-refractivity contribution in [3.05, 3.63) is 35.4 Å². The molecule has 1 heterocycles. The van der Waals surface area contributed by atoms with Gasteiger partial charge in [-0.15, -0.1) is 12.4 Å². The van der Waals surface area contributed by atoms with Gasteiger partial charge in [0, 0.05) is 7.11 Å². The second-order valence-corrected chi connectivity index (χ2v) is 6.28. The normalized spacial score (nSPS) is 18.1. The summed E-state index contributed by atoms with van der Waals surface area (Å²) in [7, 11) is 1.55. The largest absolute Gasteiger partial charge is 0.416 e. The fraction of sp³-hybridized carbons (Fsp3) is 0.588. The van der Waals surface area contributed by atoms with E-state index in [1.54, 1.807) is 20.1 Å². The molecule has 1 saturated heterocycles. The molecular formula is C17H24ClF3N2O2. The first-order valence-electron chi connectivity index (χ1n) is 7.96. The van der Waals surface area contributed by atoms with Crippen LogP contribution >= 0.6 is 12.4 Å². The Morgan fingerprint density at radius 1 is 1.36 bits per heavy atom. The smallest absolute Gasteiger partial charge is 0.384 e. The molecule has 0 saturated carbocycles. The van der Waals surface area contributed by atoms with Crippen LogP contribution < -0.4 is 10.6 Å². The van der Waals surface area contributed by atoms with Crippen molar-refractivity contribution in [2.24, 2.45) is 5.41 Å². The third-order valence-electron chi connectivity index (χ3n) is 4.52. The Labute approximate surface area is 151 Å². The molecule has 1 aromatic rings. The first kappa shape index (κ1) is 21.7. The molecular weight excluding hydrogens is 357 g/mol. The van der Waals surface area contributed by atoms with Gasteiger partial charge in [0.2, 0.25) is 5.91 Å². The molecule has 0 spiro atoms. The van der Waals surface area contributed by atoms with Crippen molar-refractivity contribution in [1.29, 1.82) is 0 Å². The summed E-state index contributed by atoms with van der Waals surface area (Å²) in [4.78, 5) is 12.7. The van der Waals surface area contributed by atoms with Crippen LogP contribution in [0, 0.1) is 5.41 Å². The maximum Gasteiger partial charge on any atom is 0.416 e. The van der Waals surface area contributed by atoms with E-state index in [9.17, 15) is 18.0 Å². The molecule has 1 aromatic carbocycles. The third kappa shape index (κ3) is 5.33.